The van der Waals surface area contributed by atoms with Gasteiger partial charge in [-0.3, -0.25) is 37.3 Å². The summed E-state index contributed by atoms with van der Waals surface area (Å²) in [7, 11) is -9.96. The monoisotopic (exact) mass is 1450 g/mol. The molecule has 19 heteroatoms. The number of aliphatic hydroxyl groups is 1. The van der Waals surface area contributed by atoms with Crippen molar-refractivity contribution in [1.82, 2.24) is 0 Å². The second-order valence-electron chi connectivity index (χ2n) is 27.0. The van der Waals surface area contributed by atoms with Gasteiger partial charge < -0.3 is 33.8 Å². The van der Waals surface area contributed by atoms with E-state index in [4.69, 9.17) is 37.0 Å². The van der Waals surface area contributed by atoms with Gasteiger partial charge >= 0.3 is 39.5 Å². The summed E-state index contributed by atoms with van der Waals surface area (Å²) in [6.07, 6.45) is 74.7. The van der Waals surface area contributed by atoms with Crippen molar-refractivity contribution in [2.45, 2.75) is 380 Å². The Morgan fingerprint density at radius 2 is 0.520 bits per heavy atom. The van der Waals surface area contributed by atoms with Gasteiger partial charge in [0.2, 0.25) is 0 Å². The van der Waals surface area contributed by atoms with E-state index in [0.717, 1.165) is 96.3 Å². The minimum Gasteiger partial charge on any atom is -0.462 e. The number of allylic oxidation sites excluding steroid dienone is 12. The highest BCUT2D eigenvalue weighted by molar-refractivity contribution is 7.47. The average molecular weight is 1450 g/mol. The maximum absolute atomic E-state index is 13.1. The number of carbonyl (C=O) groups excluding carboxylic acids is 4. The highest BCUT2D eigenvalue weighted by atomic mass is 31.2. The highest BCUT2D eigenvalue weighted by Crippen LogP contribution is 2.45. The van der Waals surface area contributed by atoms with E-state index in [-0.39, 0.29) is 25.7 Å². The van der Waals surface area contributed by atoms with Gasteiger partial charge in [0.25, 0.3) is 0 Å². The zero-order valence-corrected chi connectivity index (χ0v) is 65.4. The van der Waals surface area contributed by atoms with Crippen molar-refractivity contribution in [1.29, 1.82) is 0 Å². The lowest BCUT2D eigenvalue weighted by Gasteiger charge is -2.21. The van der Waals surface area contributed by atoms with Gasteiger partial charge in [0.1, 0.15) is 19.3 Å². The number of hydrogen-bond acceptors (Lipinski definition) is 15. The summed E-state index contributed by atoms with van der Waals surface area (Å²) < 4.78 is 68.5. The number of phosphoric ester groups is 2. The summed E-state index contributed by atoms with van der Waals surface area (Å²) in [5.41, 5.74) is 0. The fraction of sp³-hybridized carbons (Fsp3) is 0.802. The van der Waals surface area contributed by atoms with Crippen LogP contribution in [0.5, 0.6) is 0 Å². The van der Waals surface area contributed by atoms with Crippen molar-refractivity contribution >= 4 is 39.5 Å². The number of aliphatic hydroxyl groups excluding tert-OH is 1. The van der Waals surface area contributed by atoms with Crippen LogP contribution in [-0.4, -0.2) is 96.7 Å². The molecule has 582 valence electrons. The lowest BCUT2D eigenvalue weighted by Crippen LogP contribution is -2.30. The molecule has 3 N–H and O–H groups in total. The van der Waals surface area contributed by atoms with E-state index in [9.17, 15) is 43.2 Å². The third kappa shape index (κ3) is 72.8. The number of hydrogen-bond donors (Lipinski definition) is 3. The molecule has 0 saturated carbocycles. The first kappa shape index (κ1) is 96.5. The molecule has 0 radical (unpaired) electrons. The van der Waals surface area contributed by atoms with Gasteiger partial charge in [-0.05, 0) is 64.2 Å². The number of unbranched alkanes of at least 4 members (excludes halogenated alkanes) is 38. The van der Waals surface area contributed by atoms with Gasteiger partial charge in [-0.25, -0.2) is 9.13 Å². The van der Waals surface area contributed by atoms with E-state index in [2.05, 4.69) is 82.4 Å². The summed E-state index contributed by atoms with van der Waals surface area (Å²) in [6.45, 7) is 4.75. The van der Waals surface area contributed by atoms with Gasteiger partial charge in [0, 0.05) is 25.7 Å². The maximum Gasteiger partial charge on any atom is 0.472 e. The Labute approximate surface area is 609 Å². The molecule has 0 fully saturated rings. The molecule has 17 nitrogen and oxygen atoms in total. The van der Waals surface area contributed by atoms with Crippen molar-refractivity contribution in [3.05, 3.63) is 72.9 Å². The normalized spacial score (nSPS) is 14.3. The molecular weight excluding hydrogens is 1310 g/mol. The van der Waals surface area contributed by atoms with E-state index in [1.54, 1.807) is 0 Å². The molecule has 0 amide bonds. The summed E-state index contributed by atoms with van der Waals surface area (Å²) >= 11 is 0. The molecule has 0 heterocycles. The zero-order chi connectivity index (χ0) is 73.2. The van der Waals surface area contributed by atoms with Crippen LogP contribution >= 0.6 is 15.6 Å². The van der Waals surface area contributed by atoms with Crippen LogP contribution in [0.15, 0.2) is 72.9 Å². The van der Waals surface area contributed by atoms with Crippen LogP contribution in [0, 0.1) is 0 Å². The average Bonchev–Trinajstić information content (AvgIpc) is 0.934. The molecule has 0 spiro atoms. The highest BCUT2D eigenvalue weighted by Gasteiger charge is 2.30. The van der Waals surface area contributed by atoms with Gasteiger partial charge in [0.15, 0.2) is 12.2 Å². The Kier molecular flexibility index (Phi) is 71.2. The lowest BCUT2D eigenvalue weighted by molar-refractivity contribution is -0.161. The minimum absolute atomic E-state index is 0.0258. The van der Waals surface area contributed by atoms with Crippen molar-refractivity contribution < 1.29 is 80.2 Å². The van der Waals surface area contributed by atoms with Crippen LogP contribution in [0.1, 0.15) is 362 Å². The van der Waals surface area contributed by atoms with Crippen LogP contribution in [0.3, 0.4) is 0 Å². The van der Waals surface area contributed by atoms with Crippen molar-refractivity contribution in [2.24, 2.45) is 0 Å². The van der Waals surface area contributed by atoms with E-state index < -0.39 is 97.5 Å². The standard InChI is InChI=1S/C81H146O17P2/c1-5-9-13-17-21-25-29-33-35-36-37-38-40-44-48-52-56-60-64-68-81(86)98-77(72-92-79(84)66-62-58-54-50-46-43-39-34-30-26-22-18-14-10-6-2)74-96-100(89,90)94-70-75(82)69-93-99(87,88)95-73-76(97-80(85)67-63-59-55-51-47-42-32-28-24-20-16-12-8-4)71-91-78(83)65-61-57-53-49-45-41-31-27-23-19-15-11-7-3/h9,13,21,25,33,35,37-38,44,48,56,60,75-77,82H,5-8,10-12,14-20,22-24,26-32,34,36,39-43,45-47,49-55,57-59,61-74H2,1-4H3,(H,87,88)(H,89,90)/b13-9-,25-21-,35-33-,38-37-,48-44-,60-56-/t75-,76+,77+/m0/s1. The molecule has 0 aromatic rings. The first-order chi connectivity index (χ1) is 48.7. The third-order valence-corrected chi connectivity index (χ3v) is 19.1. The molecule has 5 atom stereocenters. The third-order valence-electron chi connectivity index (χ3n) is 17.2. The molecule has 0 aromatic carbocycles. The predicted octanol–water partition coefficient (Wildman–Crippen LogP) is 23.2. The summed E-state index contributed by atoms with van der Waals surface area (Å²) in [5, 5.41) is 10.6. The SMILES string of the molecule is CC/C=C\C/C=C\C/C=C\C/C=C\C/C=C\C/C=C\CCC(=O)O[C@H](COC(=O)CCCCCCCCCCCCCCCCC)COP(=O)(O)OC[C@@H](O)COP(=O)(O)OC[C@@H](COC(=O)CCCCCCCCCCCCCCC)OC(=O)CCCCCCCCCCCCCCC. The minimum atomic E-state index is -4.99. The summed E-state index contributed by atoms with van der Waals surface area (Å²) in [5.74, 6) is -2.24. The fourth-order valence-corrected chi connectivity index (χ4v) is 12.7. The Morgan fingerprint density at radius 3 is 0.800 bits per heavy atom. The number of phosphoric acid groups is 2. The van der Waals surface area contributed by atoms with Gasteiger partial charge in [-0.15, -0.1) is 0 Å². The van der Waals surface area contributed by atoms with Gasteiger partial charge in [0.05, 0.1) is 26.4 Å². The number of carbonyl (C=O) groups is 4. The largest absolute Gasteiger partial charge is 0.472 e. The van der Waals surface area contributed by atoms with E-state index >= 15 is 0 Å². The van der Waals surface area contributed by atoms with Gasteiger partial charge in [-0.1, -0.05) is 345 Å². The molecule has 0 aromatic heterocycles. The lowest BCUT2D eigenvalue weighted by atomic mass is 10.0. The maximum atomic E-state index is 13.1. The van der Waals surface area contributed by atoms with Crippen LogP contribution in [0.2, 0.25) is 0 Å². The molecular formula is C81H146O17P2. The molecule has 0 bridgehead atoms. The number of ether oxygens (including phenoxy) is 4. The van der Waals surface area contributed by atoms with Crippen LogP contribution in [0.25, 0.3) is 0 Å². The molecule has 0 aliphatic carbocycles. The Balaban J connectivity index is 5.38. The fourth-order valence-electron chi connectivity index (χ4n) is 11.1. The molecule has 0 aliphatic heterocycles. The second kappa shape index (κ2) is 73.8. The van der Waals surface area contributed by atoms with Crippen molar-refractivity contribution in [2.75, 3.05) is 39.6 Å². The van der Waals surface area contributed by atoms with E-state index in [1.807, 2.05) is 18.2 Å². The van der Waals surface area contributed by atoms with E-state index in [0.29, 0.717) is 32.1 Å². The van der Waals surface area contributed by atoms with Crippen LogP contribution in [-0.2, 0) is 65.4 Å². The number of esters is 4. The summed E-state index contributed by atoms with van der Waals surface area (Å²) in [6, 6.07) is 0. The molecule has 0 rings (SSSR count). The quantitative estimate of drug-likeness (QED) is 0.0169. The van der Waals surface area contributed by atoms with Crippen LogP contribution in [0.4, 0.5) is 0 Å². The first-order valence-electron chi connectivity index (χ1n) is 40.2. The predicted molar refractivity (Wildman–Crippen MR) is 409 cm³/mol. The molecule has 0 saturated heterocycles. The Morgan fingerprint density at radius 1 is 0.290 bits per heavy atom. The first-order valence-corrected chi connectivity index (χ1v) is 43.2. The zero-order valence-electron chi connectivity index (χ0n) is 63.6. The molecule has 100 heavy (non-hydrogen) atoms. The van der Waals surface area contributed by atoms with E-state index in [1.165, 1.54) is 180 Å². The van der Waals surface area contributed by atoms with Crippen LogP contribution < -0.4 is 0 Å². The van der Waals surface area contributed by atoms with Gasteiger partial charge in [-0.2, -0.15) is 0 Å². The Bertz CT molecular complexity index is 2180. The Hall–Kier alpha value is -3.50. The topological polar surface area (TPSA) is 237 Å². The second-order valence-corrected chi connectivity index (χ2v) is 29.9. The molecule has 2 unspecified atom stereocenters. The van der Waals surface area contributed by atoms with Crippen molar-refractivity contribution in [3.63, 3.8) is 0 Å². The molecule has 0 aliphatic rings. The number of rotatable bonds is 76. The van der Waals surface area contributed by atoms with Crippen molar-refractivity contribution in [3.8, 4) is 0 Å². The smallest absolute Gasteiger partial charge is 0.462 e. The summed E-state index contributed by atoms with van der Waals surface area (Å²) in [4.78, 5) is 72.9.